The Hall–Kier alpha value is -2.22. The smallest absolute Gasteiger partial charge is 0.406 e. The lowest BCUT2D eigenvalue weighted by atomic mass is 10.3. The molecule has 0 unspecified atom stereocenters. The molecule has 1 aromatic carbocycles. The molecule has 1 aromatic heterocycles. The van der Waals surface area contributed by atoms with Gasteiger partial charge in [-0.05, 0) is 31.2 Å². The van der Waals surface area contributed by atoms with Crippen LogP contribution in [0.5, 0.6) is 5.75 Å². The zero-order chi connectivity index (χ0) is 16.3. The molecule has 0 aliphatic carbocycles. The summed E-state index contributed by atoms with van der Waals surface area (Å²) in [5, 5.41) is 7.00. The number of hydrogen-bond donors (Lipinski definition) is 1. The number of benzene rings is 1. The Labute approximate surface area is 128 Å². The van der Waals surface area contributed by atoms with Crippen molar-refractivity contribution in [2.24, 2.45) is 0 Å². The average Bonchev–Trinajstić information content (AvgIpc) is 2.68. The molecule has 0 aliphatic rings. The van der Waals surface area contributed by atoms with Crippen molar-refractivity contribution in [3.63, 3.8) is 0 Å². The lowest BCUT2D eigenvalue weighted by Gasteiger charge is -2.10. The number of aromatic nitrogens is 2. The third kappa shape index (κ3) is 4.66. The fourth-order valence-electron chi connectivity index (χ4n) is 1.66. The van der Waals surface area contributed by atoms with Gasteiger partial charge in [0, 0.05) is 11.9 Å². The quantitative estimate of drug-likeness (QED) is 0.933. The van der Waals surface area contributed by atoms with Gasteiger partial charge in [0.1, 0.15) is 12.3 Å². The molecule has 0 saturated heterocycles. The van der Waals surface area contributed by atoms with Gasteiger partial charge in [0.2, 0.25) is 5.91 Å². The van der Waals surface area contributed by atoms with Crippen LogP contribution in [0.3, 0.4) is 0 Å². The molecule has 9 heteroatoms. The standard InChI is InChI=1S/C13H11ClF3N3O2/c1-8-11(14)6-20(19-8)7-12(21)18-9-2-4-10(5-3-9)22-13(15,16)17/h2-6H,7H2,1H3,(H,18,21). The number of nitrogens with one attached hydrogen (secondary N) is 1. The third-order valence-corrected chi connectivity index (χ3v) is 2.93. The van der Waals surface area contributed by atoms with Crippen LogP contribution in [-0.4, -0.2) is 22.1 Å². The van der Waals surface area contributed by atoms with Crippen molar-refractivity contribution >= 4 is 23.2 Å². The number of alkyl halides is 3. The van der Waals surface area contributed by atoms with Crippen LogP contribution in [0.4, 0.5) is 18.9 Å². The lowest BCUT2D eigenvalue weighted by Crippen LogP contribution is -2.19. The number of carbonyl (C=O) groups excluding carboxylic acids is 1. The van der Waals surface area contributed by atoms with Crippen LogP contribution >= 0.6 is 11.6 Å². The van der Waals surface area contributed by atoms with Crippen LogP contribution in [0.1, 0.15) is 5.69 Å². The van der Waals surface area contributed by atoms with Gasteiger partial charge in [-0.2, -0.15) is 5.10 Å². The van der Waals surface area contributed by atoms with Gasteiger partial charge < -0.3 is 10.1 Å². The minimum absolute atomic E-state index is 0.0611. The summed E-state index contributed by atoms with van der Waals surface area (Å²) >= 11 is 5.82. The molecule has 0 spiro atoms. The summed E-state index contributed by atoms with van der Waals surface area (Å²) in [5.41, 5.74) is 0.942. The van der Waals surface area contributed by atoms with Gasteiger partial charge >= 0.3 is 6.36 Å². The van der Waals surface area contributed by atoms with Gasteiger partial charge in [0.05, 0.1) is 10.7 Å². The normalized spacial score (nSPS) is 11.3. The second-order valence-corrected chi connectivity index (χ2v) is 4.79. The molecule has 2 rings (SSSR count). The molecule has 0 atom stereocenters. The van der Waals surface area contributed by atoms with Crippen molar-refractivity contribution in [2.45, 2.75) is 19.8 Å². The second kappa shape index (κ2) is 6.27. The summed E-state index contributed by atoms with van der Waals surface area (Å²) in [7, 11) is 0. The summed E-state index contributed by atoms with van der Waals surface area (Å²) in [6.45, 7) is 1.64. The topological polar surface area (TPSA) is 56.2 Å². The Balaban J connectivity index is 1.94. The SMILES string of the molecule is Cc1nn(CC(=O)Nc2ccc(OC(F)(F)F)cc2)cc1Cl. The maximum absolute atomic E-state index is 12.0. The first-order valence-electron chi connectivity index (χ1n) is 6.08. The molecule has 118 valence electrons. The summed E-state index contributed by atoms with van der Waals surface area (Å²) in [6, 6.07) is 4.83. The molecule has 0 saturated carbocycles. The zero-order valence-electron chi connectivity index (χ0n) is 11.3. The maximum Gasteiger partial charge on any atom is 0.573 e. The first-order chi connectivity index (χ1) is 10.2. The van der Waals surface area contributed by atoms with E-state index in [1.165, 1.54) is 23.0 Å². The average molecular weight is 334 g/mol. The summed E-state index contributed by atoms with van der Waals surface area (Å²) < 4.78 is 41.2. The molecule has 0 fully saturated rings. The monoisotopic (exact) mass is 333 g/mol. The number of aryl methyl sites for hydroxylation is 1. The molecular weight excluding hydrogens is 323 g/mol. The van der Waals surface area contributed by atoms with Crippen LogP contribution in [0.25, 0.3) is 0 Å². The highest BCUT2D eigenvalue weighted by Crippen LogP contribution is 2.24. The van der Waals surface area contributed by atoms with Crippen molar-refractivity contribution < 1.29 is 22.7 Å². The summed E-state index contributed by atoms with van der Waals surface area (Å²) in [4.78, 5) is 11.8. The molecule has 1 heterocycles. The van der Waals surface area contributed by atoms with Gasteiger partial charge in [0.15, 0.2) is 0 Å². The summed E-state index contributed by atoms with van der Waals surface area (Å²) in [5.74, 6) is -0.747. The van der Waals surface area contributed by atoms with E-state index in [0.29, 0.717) is 16.4 Å². The van der Waals surface area contributed by atoms with E-state index in [9.17, 15) is 18.0 Å². The van der Waals surface area contributed by atoms with Gasteiger partial charge in [-0.25, -0.2) is 0 Å². The van der Waals surface area contributed by atoms with Crippen LogP contribution in [0.2, 0.25) is 5.02 Å². The first kappa shape index (κ1) is 16.2. The Kier molecular flexibility index (Phi) is 4.60. The Morgan fingerprint density at radius 2 is 2.00 bits per heavy atom. The van der Waals surface area contributed by atoms with E-state index < -0.39 is 6.36 Å². The third-order valence-electron chi connectivity index (χ3n) is 2.56. The van der Waals surface area contributed by atoms with E-state index in [1.54, 1.807) is 6.92 Å². The molecule has 0 bridgehead atoms. The number of hydrogen-bond acceptors (Lipinski definition) is 3. The van der Waals surface area contributed by atoms with E-state index in [-0.39, 0.29) is 18.2 Å². The second-order valence-electron chi connectivity index (χ2n) is 4.38. The molecular formula is C13H11ClF3N3O2. The molecule has 2 aromatic rings. The fraction of sp³-hybridized carbons (Fsp3) is 0.231. The van der Waals surface area contributed by atoms with E-state index in [4.69, 9.17) is 11.6 Å². The zero-order valence-corrected chi connectivity index (χ0v) is 12.1. The highest BCUT2D eigenvalue weighted by molar-refractivity contribution is 6.31. The molecule has 1 N–H and O–H groups in total. The number of amides is 1. The van der Waals surface area contributed by atoms with E-state index in [0.717, 1.165) is 12.1 Å². The number of nitrogens with zero attached hydrogens (tertiary/aromatic N) is 2. The maximum atomic E-state index is 12.0. The van der Waals surface area contributed by atoms with Gasteiger partial charge in [0.25, 0.3) is 0 Å². The number of rotatable bonds is 4. The van der Waals surface area contributed by atoms with Crippen molar-refractivity contribution in [1.82, 2.24) is 9.78 Å². The number of halogens is 4. The lowest BCUT2D eigenvalue weighted by molar-refractivity contribution is -0.274. The minimum Gasteiger partial charge on any atom is -0.406 e. The van der Waals surface area contributed by atoms with Crippen molar-refractivity contribution in [1.29, 1.82) is 0 Å². The minimum atomic E-state index is -4.75. The van der Waals surface area contributed by atoms with E-state index in [2.05, 4.69) is 15.2 Å². The highest BCUT2D eigenvalue weighted by atomic mass is 35.5. The van der Waals surface area contributed by atoms with Gasteiger partial charge in [-0.3, -0.25) is 9.48 Å². The molecule has 0 radical (unpaired) electrons. The Bertz CT molecular complexity index is 649. The molecule has 1 amide bonds. The molecule has 22 heavy (non-hydrogen) atoms. The number of ether oxygens (including phenoxy) is 1. The largest absolute Gasteiger partial charge is 0.573 e. The van der Waals surface area contributed by atoms with Gasteiger partial charge in [-0.15, -0.1) is 13.2 Å². The molecule has 0 aliphatic heterocycles. The summed E-state index contributed by atoms with van der Waals surface area (Å²) in [6.07, 6.45) is -3.24. The van der Waals surface area contributed by atoms with E-state index >= 15 is 0 Å². The van der Waals surface area contributed by atoms with Crippen molar-refractivity contribution in [2.75, 3.05) is 5.32 Å². The predicted molar refractivity (Wildman–Crippen MR) is 73.7 cm³/mol. The van der Waals surface area contributed by atoms with Crippen LogP contribution in [0, 0.1) is 6.92 Å². The van der Waals surface area contributed by atoms with Crippen LogP contribution in [-0.2, 0) is 11.3 Å². The number of carbonyl (C=O) groups is 1. The van der Waals surface area contributed by atoms with Crippen molar-refractivity contribution in [3.8, 4) is 5.75 Å². The predicted octanol–water partition coefficient (Wildman–Crippen LogP) is 3.38. The van der Waals surface area contributed by atoms with Crippen LogP contribution in [0.15, 0.2) is 30.5 Å². The molecule has 5 nitrogen and oxygen atoms in total. The Morgan fingerprint density at radius 3 is 2.50 bits per heavy atom. The Morgan fingerprint density at radius 1 is 1.36 bits per heavy atom. The first-order valence-corrected chi connectivity index (χ1v) is 6.46. The highest BCUT2D eigenvalue weighted by Gasteiger charge is 2.30. The van der Waals surface area contributed by atoms with Crippen molar-refractivity contribution in [3.05, 3.63) is 41.2 Å². The number of anilines is 1. The van der Waals surface area contributed by atoms with Crippen LogP contribution < -0.4 is 10.1 Å². The van der Waals surface area contributed by atoms with E-state index in [1.807, 2.05) is 0 Å². The fourth-order valence-corrected chi connectivity index (χ4v) is 1.81. The van der Waals surface area contributed by atoms with Gasteiger partial charge in [-0.1, -0.05) is 11.6 Å².